The first kappa shape index (κ1) is 13.6. The molecule has 0 unspecified atom stereocenters. The van der Waals surface area contributed by atoms with Gasteiger partial charge in [-0.15, -0.1) is 5.10 Å². The minimum absolute atomic E-state index is 0.518. The van der Waals surface area contributed by atoms with E-state index in [-0.39, 0.29) is 0 Å². The Hall–Kier alpha value is -2.33. The molecule has 2 N–H and O–H groups in total. The van der Waals surface area contributed by atoms with Gasteiger partial charge >= 0.3 is 0 Å². The highest BCUT2D eigenvalue weighted by molar-refractivity contribution is 6.30. The molecule has 0 amide bonds. The van der Waals surface area contributed by atoms with Crippen LogP contribution in [-0.4, -0.2) is 15.0 Å². The van der Waals surface area contributed by atoms with Crippen LogP contribution in [0, 0.1) is 13.8 Å². The molecule has 3 rings (SSSR count). The molecule has 3 aromatic rings. The number of benzene rings is 2. The molecule has 0 spiro atoms. The Kier molecular flexibility index (Phi) is 3.39. The standard InChI is InChI=1S/C16H15ClN4/c1-10-3-8-14(11(2)9-10)15-16(18)21(20-19-15)13-6-4-12(17)5-7-13/h3-9H,18H2,1-2H3. The van der Waals surface area contributed by atoms with Crippen LogP contribution in [0.5, 0.6) is 0 Å². The number of anilines is 1. The Morgan fingerprint density at radius 1 is 1.05 bits per heavy atom. The molecule has 5 heteroatoms. The summed E-state index contributed by atoms with van der Waals surface area (Å²) < 4.78 is 1.62. The lowest BCUT2D eigenvalue weighted by atomic mass is 10.0. The Balaban J connectivity index is 2.09. The van der Waals surface area contributed by atoms with Crippen molar-refractivity contribution in [1.82, 2.24) is 15.0 Å². The van der Waals surface area contributed by atoms with E-state index in [1.807, 2.05) is 31.2 Å². The number of halogens is 1. The fourth-order valence-corrected chi connectivity index (χ4v) is 2.46. The smallest absolute Gasteiger partial charge is 0.155 e. The van der Waals surface area contributed by atoms with Gasteiger partial charge in [-0.2, -0.15) is 4.68 Å². The lowest BCUT2D eigenvalue weighted by Crippen LogP contribution is -2.02. The van der Waals surface area contributed by atoms with Crippen molar-refractivity contribution in [2.24, 2.45) is 0 Å². The van der Waals surface area contributed by atoms with E-state index in [1.165, 1.54) is 5.56 Å². The average Bonchev–Trinajstić information content (AvgIpc) is 2.82. The van der Waals surface area contributed by atoms with Gasteiger partial charge in [-0.05, 0) is 43.7 Å². The molecule has 0 aliphatic rings. The second kappa shape index (κ2) is 5.22. The predicted molar refractivity (Wildman–Crippen MR) is 85.7 cm³/mol. The highest BCUT2D eigenvalue weighted by atomic mass is 35.5. The normalized spacial score (nSPS) is 10.8. The van der Waals surface area contributed by atoms with Gasteiger partial charge in [-0.25, -0.2) is 0 Å². The summed E-state index contributed by atoms with van der Waals surface area (Å²) in [5.41, 5.74) is 11.1. The zero-order valence-electron chi connectivity index (χ0n) is 11.8. The number of hydrogen-bond donors (Lipinski definition) is 1. The van der Waals surface area contributed by atoms with Crippen LogP contribution < -0.4 is 5.73 Å². The number of hydrogen-bond acceptors (Lipinski definition) is 3. The SMILES string of the molecule is Cc1ccc(-c2nnn(-c3ccc(Cl)cc3)c2N)c(C)c1. The molecule has 0 saturated heterocycles. The quantitative estimate of drug-likeness (QED) is 0.783. The molecule has 106 valence electrons. The van der Waals surface area contributed by atoms with Gasteiger partial charge in [0.1, 0.15) is 5.69 Å². The summed E-state index contributed by atoms with van der Waals surface area (Å²) in [5.74, 6) is 0.518. The summed E-state index contributed by atoms with van der Waals surface area (Å²) >= 11 is 5.90. The third-order valence-electron chi connectivity index (χ3n) is 3.41. The molecule has 0 saturated carbocycles. The van der Waals surface area contributed by atoms with E-state index < -0.39 is 0 Å². The van der Waals surface area contributed by atoms with Crippen molar-refractivity contribution in [1.29, 1.82) is 0 Å². The first-order valence-corrected chi connectivity index (χ1v) is 6.99. The monoisotopic (exact) mass is 298 g/mol. The molecule has 0 fully saturated rings. The maximum Gasteiger partial charge on any atom is 0.155 e. The van der Waals surface area contributed by atoms with Crippen molar-refractivity contribution in [3.63, 3.8) is 0 Å². The number of rotatable bonds is 2. The van der Waals surface area contributed by atoms with E-state index in [1.54, 1.807) is 16.8 Å². The van der Waals surface area contributed by atoms with Gasteiger partial charge in [-0.3, -0.25) is 0 Å². The van der Waals surface area contributed by atoms with Crippen LogP contribution in [0.15, 0.2) is 42.5 Å². The van der Waals surface area contributed by atoms with Gasteiger partial charge in [0.05, 0.1) is 5.69 Å². The fourth-order valence-electron chi connectivity index (χ4n) is 2.33. The van der Waals surface area contributed by atoms with Crippen molar-refractivity contribution in [2.45, 2.75) is 13.8 Å². The lowest BCUT2D eigenvalue weighted by molar-refractivity contribution is 0.810. The van der Waals surface area contributed by atoms with E-state index >= 15 is 0 Å². The molecule has 21 heavy (non-hydrogen) atoms. The molecular formula is C16H15ClN4. The van der Waals surface area contributed by atoms with Crippen molar-refractivity contribution >= 4 is 17.4 Å². The van der Waals surface area contributed by atoms with E-state index in [4.69, 9.17) is 17.3 Å². The van der Waals surface area contributed by atoms with Crippen LogP contribution >= 0.6 is 11.6 Å². The predicted octanol–water partition coefficient (Wildman–Crippen LogP) is 3.79. The summed E-state index contributed by atoms with van der Waals surface area (Å²) in [6.45, 7) is 4.10. The Morgan fingerprint density at radius 3 is 2.43 bits per heavy atom. The molecule has 0 aliphatic heterocycles. The third kappa shape index (κ3) is 2.50. The molecule has 2 aromatic carbocycles. The molecule has 4 nitrogen and oxygen atoms in total. The van der Waals surface area contributed by atoms with E-state index in [0.717, 1.165) is 16.8 Å². The van der Waals surface area contributed by atoms with Crippen LogP contribution in [0.25, 0.3) is 16.9 Å². The van der Waals surface area contributed by atoms with Crippen molar-refractivity contribution in [3.05, 3.63) is 58.6 Å². The molecule has 0 radical (unpaired) electrons. The van der Waals surface area contributed by atoms with Crippen LogP contribution in [0.4, 0.5) is 5.82 Å². The maximum atomic E-state index is 6.22. The summed E-state index contributed by atoms with van der Waals surface area (Å²) in [4.78, 5) is 0. The van der Waals surface area contributed by atoms with E-state index in [0.29, 0.717) is 16.5 Å². The zero-order chi connectivity index (χ0) is 15.0. The average molecular weight is 299 g/mol. The van der Waals surface area contributed by atoms with Crippen LogP contribution in [0.2, 0.25) is 5.02 Å². The van der Waals surface area contributed by atoms with Gasteiger partial charge in [0.15, 0.2) is 5.82 Å². The largest absolute Gasteiger partial charge is 0.382 e. The number of nitrogens with two attached hydrogens (primary N) is 1. The Bertz CT molecular complexity index is 791. The molecule has 1 heterocycles. The minimum atomic E-state index is 0.518. The van der Waals surface area contributed by atoms with Crippen molar-refractivity contribution < 1.29 is 0 Å². The summed E-state index contributed by atoms with van der Waals surface area (Å²) in [5, 5.41) is 9.06. The van der Waals surface area contributed by atoms with E-state index in [2.05, 4.69) is 23.3 Å². The van der Waals surface area contributed by atoms with Crippen molar-refractivity contribution in [3.8, 4) is 16.9 Å². The summed E-state index contributed by atoms with van der Waals surface area (Å²) in [6.07, 6.45) is 0. The summed E-state index contributed by atoms with van der Waals surface area (Å²) in [7, 11) is 0. The van der Waals surface area contributed by atoms with Crippen LogP contribution in [0.1, 0.15) is 11.1 Å². The first-order valence-electron chi connectivity index (χ1n) is 6.61. The molecule has 0 aliphatic carbocycles. The topological polar surface area (TPSA) is 56.7 Å². The zero-order valence-corrected chi connectivity index (χ0v) is 12.6. The molecule has 0 atom stereocenters. The van der Waals surface area contributed by atoms with Gasteiger partial charge in [0.2, 0.25) is 0 Å². The number of aryl methyl sites for hydroxylation is 2. The summed E-state index contributed by atoms with van der Waals surface area (Å²) in [6, 6.07) is 13.5. The van der Waals surface area contributed by atoms with E-state index in [9.17, 15) is 0 Å². The fraction of sp³-hybridized carbons (Fsp3) is 0.125. The van der Waals surface area contributed by atoms with Gasteiger partial charge < -0.3 is 5.73 Å². The second-order valence-corrected chi connectivity index (χ2v) is 5.47. The Labute approximate surface area is 128 Å². The van der Waals surface area contributed by atoms with Gasteiger partial charge in [0.25, 0.3) is 0 Å². The van der Waals surface area contributed by atoms with Gasteiger partial charge in [-0.1, -0.05) is 40.6 Å². The molecule has 0 bridgehead atoms. The van der Waals surface area contributed by atoms with Crippen molar-refractivity contribution in [2.75, 3.05) is 5.73 Å². The number of nitrogen functional groups attached to an aromatic ring is 1. The number of nitrogens with zero attached hydrogens (tertiary/aromatic N) is 3. The van der Waals surface area contributed by atoms with Gasteiger partial charge in [0, 0.05) is 10.6 Å². The van der Waals surface area contributed by atoms with Crippen LogP contribution in [-0.2, 0) is 0 Å². The minimum Gasteiger partial charge on any atom is -0.382 e. The highest BCUT2D eigenvalue weighted by Gasteiger charge is 2.14. The maximum absolute atomic E-state index is 6.22. The number of aromatic nitrogens is 3. The first-order chi connectivity index (χ1) is 10.1. The third-order valence-corrected chi connectivity index (χ3v) is 3.67. The molecule has 1 aromatic heterocycles. The highest BCUT2D eigenvalue weighted by Crippen LogP contribution is 2.28. The lowest BCUT2D eigenvalue weighted by Gasteiger charge is -2.06. The second-order valence-electron chi connectivity index (χ2n) is 5.03. The molecular weight excluding hydrogens is 284 g/mol. The van der Waals surface area contributed by atoms with Crippen LogP contribution in [0.3, 0.4) is 0 Å². The Morgan fingerprint density at radius 2 is 1.76 bits per heavy atom.